The van der Waals surface area contributed by atoms with Gasteiger partial charge in [0, 0.05) is 19.6 Å². The number of rotatable bonds is 4. The predicted octanol–water partition coefficient (Wildman–Crippen LogP) is 1.38. The van der Waals surface area contributed by atoms with Crippen molar-refractivity contribution in [2.24, 2.45) is 0 Å². The zero-order chi connectivity index (χ0) is 11.4. The molecular formula is C8H11N3O3S. The molecule has 1 aromatic rings. The smallest absolute Gasteiger partial charge is 0.342 e. The number of aromatic nitrogens is 2. The maximum Gasteiger partial charge on any atom is 0.342 e. The zero-order valence-corrected chi connectivity index (χ0v) is 9.28. The van der Waals surface area contributed by atoms with Crippen LogP contribution in [0.4, 0.5) is 5.82 Å². The number of aryl methyl sites for hydroxylation is 1. The minimum Gasteiger partial charge on any atom is -0.358 e. The lowest BCUT2D eigenvalue weighted by Gasteiger charge is -2.01. The molecule has 15 heavy (non-hydrogen) atoms. The molecule has 6 nitrogen and oxygen atoms in total. The summed E-state index contributed by atoms with van der Waals surface area (Å²) in [5.74, 6) is 1.08. The highest BCUT2D eigenvalue weighted by Gasteiger charge is 2.16. The Morgan fingerprint density at radius 2 is 2.40 bits per heavy atom. The number of hydrogen-bond donors (Lipinski definition) is 0. The second kappa shape index (κ2) is 4.92. The van der Waals surface area contributed by atoms with Crippen LogP contribution in [0.2, 0.25) is 0 Å². The highest BCUT2D eigenvalue weighted by atomic mass is 32.2. The van der Waals surface area contributed by atoms with Gasteiger partial charge in [0.05, 0.1) is 0 Å². The predicted molar refractivity (Wildman–Crippen MR) is 56.8 cm³/mol. The van der Waals surface area contributed by atoms with Crippen LogP contribution in [0.25, 0.3) is 0 Å². The van der Waals surface area contributed by atoms with E-state index < -0.39 is 4.92 Å². The molecule has 1 aromatic heterocycles. The van der Waals surface area contributed by atoms with E-state index in [0.29, 0.717) is 18.1 Å². The summed E-state index contributed by atoms with van der Waals surface area (Å²) < 4.78 is 1.50. The molecule has 0 saturated heterocycles. The molecule has 82 valence electrons. The van der Waals surface area contributed by atoms with E-state index in [-0.39, 0.29) is 10.9 Å². The Morgan fingerprint density at radius 3 is 2.93 bits per heavy atom. The van der Waals surface area contributed by atoms with Gasteiger partial charge in [0.25, 0.3) is 0 Å². The molecule has 0 N–H and O–H groups in total. The fourth-order valence-electron chi connectivity index (χ4n) is 1.16. The lowest BCUT2D eigenvalue weighted by molar-refractivity contribution is -0.392. The maximum absolute atomic E-state index is 10.7. The molecule has 0 aliphatic carbocycles. The first-order valence-corrected chi connectivity index (χ1v) is 5.31. The second-order valence-corrected chi connectivity index (χ2v) is 4.18. The van der Waals surface area contributed by atoms with Crippen molar-refractivity contribution in [3.63, 3.8) is 0 Å². The third kappa shape index (κ3) is 3.05. The average molecular weight is 229 g/mol. The number of hydrogen-bond acceptors (Lipinski definition) is 5. The molecule has 0 spiro atoms. The summed E-state index contributed by atoms with van der Waals surface area (Å²) in [6, 6.07) is 0. The quantitative estimate of drug-likeness (QED) is 0.575. The van der Waals surface area contributed by atoms with Crippen LogP contribution >= 0.6 is 11.8 Å². The van der Waals surface area contributed by atoms with Gasteiger partial charge in [-0.15, -0.1) is 0 Å². The molecule has 1 heterocycles. The molecule has 0 unspecified atom stereocenters. The number of nitrogens with zero attached hydrogens (tertiary/aromatic N) is 3. The van der Waals surface area contributed by atoms with E-state index in [4.69, 9.17) is 0 Å². The second-order valence-electron chi connectivity index (χ2n) is 2.91. The van der Waals surface area contributed by atoms with Gasteiger partial charge in [0.1, 0.15) is 12.7 Å². The van der Waals surface area contributed by atoms with Gasteiger partial charge >= 0.3 is 5.82 Å². The van der Waals surface area contributed by atoms with E-state index in [9.17, 15) is 14.9 Å². The van der Waals surface area contributed by atoms with Gasteiger partial charge in [-0.25, -0.2) is 9.55 Å². The molecule has 0 atom stereocenters. The van der Waals surface area contributed by atoms with Crippen LogP contribution in [0.5, 0.6) is 0 Å². The van der Waals surface area contributed by atoms with E-state index in [1.165, 1.54) is 17.7 Å². The van der Waals surface area contributed by atoms with Crippen LogP contribution < -0.4 is 0 Å². The van der Waals surface area contributed by atoms with Gasteiger partial charge in [0.15, 0.2) is 10.9 Å². The van der Waals surface area contributed by atoms with E-state index >= 15 is 0 Å². The zero-order valence-electron chi connectivity index (χ0n) is 8.47. The maximum atomic E-state index is 10.7. The van der Waals surface area contributed by atoms with Crippen LogP contribution in [0.15, 0.2) is 6.20 Å². The summed E-state index contributed by atoms with van der Waals surface area (Å²) in [5.41, 5.74) is 0. The van der Waals surface area contributed by atoms with Crippen molar-refractivity contribution in [2.75, 3.05) is 5.75 Å². The lowest BCUT2D eigenvalue weighted by Crippen LogP contribution is -2.07. The van der Waals surface area contributed by atoms with E-state index in [2.05, 4.69) is 4.98 Å². The fourth-order valence-corrected chi connectivity index (χ4v) is 1.72. The Hall–Kier alpha value is -1.37. The average Bonchev–Trinajstić information content (AvgIpc) is 2.47. The molecule has 0 radical (unpaired) electrons. The molecule has 0 saturated carbocycles. The molecule has 7 heteroatoms. The SMILES string of the molecule is CC(=O)SCCn1c([N+](=O)[O-])cnc1C. The van der Waals surface area contributed by atoms with Crippen LogP contribution in [-0.4, -0.2) is 25.3 Å². The van der Waals surface area contributed by atoms with Gasteiger partial charge in [0.2, 0.25) is 0 Å². The van der Waals surface area contributed by atoms with Crippen molar-refractivity contribution in [3.8, 4) is 0 Å². The Morgan fingerprint density at radius 1 is 1.73 bits per heavy atom. The van der Waals surface area contributed by atoms with Crippen molar-refractivity contribution in [1.29, 1.82) is 0 Å². The van der Waals surface area contributed by atoms with Gasteiger partial charge < -0.3 is 10.1 Å². The Kier molecular flexibility index (Phi) is 3.84. The molecule has 0 aliphatic rings. The molecule has 0 aromatic carbocycles. The monoisotopic (exact) mass is 229 g/mol. The van der Waals surface area contributed by atoms with Gasteiger partial charge in [-0.05, 0) is 4.92 Å². The van der Waals surface area contributed by atoms with Crippen molar-refractivity contribution >= 4 is 22.7 Å². The molecule has 0 amide bonds. The van der Waals surface area contributed by atoms with Crippen LogP contribution in [0.3, 0.4) is 0 Å². The minimum absolute atomic E-state index is 0.00965. The van der Waals surface area contributed by atoms with E-state index in [1.54, 1.807) is 6.92 Å². The molecule has 0 aliphatic heterocycles. The van der Waals surface area contributed by atoms with Gasteiger partial charge in [-0.1, -0.05) is 11.8 Å². The minimum atomic E-state index is -0.474. The normalized spacial score (nSPS) is 10.3. The summed E-state index contributed by atoms with van der Waals surface area (Å²) in [5, 5.41) is 10.6. The van der Waals surface area contributed by atoms with Crippen LogP contribution in [0.1, 0.15) is 12.7 Å². The van der Waals surface area contributed by atoms with Gasteiger partial charge in [-0.2, -0.15) is 0 Å². The van der Waals surface area contributed by atoms with Crippen molar-refractivity contribution in [1.82, 2.24) is 9.55 Å². The molecule has 1 rings (SSSR count). The fraction of sp³-hybridized carbons (Fsp3) is 0.500. The highest BCUT2D eigenvalue weighted by Crippen LogP contribution is 2.14. The van der Waals surface area contributed by atoms with Gasteiger partial charge in [-0.3, -0.25) is 4.79 Å². The summed E-state index contributed by atoms with van der Waals surface area (Å²) in [6.45, 7) is 3.59. The molecule has 0 fully saturated rings. The Labute approximate surface area is 90.8 Å². The topological polar surface area (TPSA) is 78.0 Å². The first-order valence-electron chi connectivity index (χ1n) is 4.32. The largest absolute Gasteiger partial charge is 0.358 e. The standard InChI is InChI=1S/C8H11N3O3S/c1-6-9-5-8(11(13)14)10(6)3-4-15-7(2)12/h5H,3-4H2,1-2H3. The number of imidazole rings is 1. The summed E-state index contributed by atoms with van der Waals surface area (Å²) in [6.07, 6.45) is 1.23. The molecule has 0 bridgehead atoms. The van der Waals surface area contributed by atoms with E-state index in [0.717, 1.165) is 11.8 Å². The number of thioether (sulfide) groups is 1. The Balaban J connectivity index is 2.70. The van der Waals surface area contributed by atoms with E-state index in [1.807, 2.05) is 0 Å². The Bertz CT molecular complexity index is 388. The summed E-state index contributed by atoms with van der Waals surface area (Å²) in [4.78, 5) is 24.7. The first-order chi connectivity index (χ1) is 7.02. The summed E-state index contributed by atoms with van der Waals surface area (Å²) >= 11 is 1.15. The third-order valence-corrected chi connectivity index (χ3v) is 2.63. The van der Waals surface area contributed by atoms with Crippen molar-refractivity contribution < 1.29 is 9.72 Å². The number of carbonyl (C=O) groups excluding carboxylic acids is 1. The van der Waals surface area contributed by atoms with Crippen molar-refractivity contribution in [2.45, 2.75) is 20.4 Å². The highest BCUT2D eigenvalue weighted by molar-refractivity contribution is 8.13. The third-order valence-electron chi connectivity index (χ3n) is 1.84. The number of carbonyl (C=O) groups is 1. The first kappa shape index (κ1) is 11.7. The van der Waals surface area contributed by atoms with Crippen LogP contribution in [-0.2, 0) is 11.3 Å². The molecular weight excluding hydrogens is 218 g/mol. The number of nitro groups is 1. The van der Waals surface area contributed by atoms with Crippen LogP contribution in [0, 0.1) is 17.0 Å². The summed E-state index contributed by atoms with van der Waals surface area (Å²) in [7, 11) is 0. The lowest BCUT2D eigenvalue weighted by atomic mass is 10.6. The van der Waals surface area contributed by atoms with Crippen molar-refractivity contribution in [3.05, 3.63) is 22.1 Å².